The molecule has 0 aliphatic carbocycles. The maximum atomic E-state index is 15.5. The van der Waals surface area contributed by atoms with Crippen molar-refractivity contribution in [2.45, 2.75) is 197 Å². The van der Waals surface area contributed by atoms with E-state index >= 15 is 17.6 Å². The number of hydrogen-bond acceptors (Lipinski definition) is 18. The van der Waals surface area contributed by atoms with Crippen LogP contribution in [0.25, 0.3) is 0 Å². The molecular weight excluding hydrogens is 1260 g/mol. The van der Waals surface area contributed by atoms with Gasteiger partial charge in [0.1, 0.15) is 38.3 Å². The van der Waals surface area contributed by atoms with Crippen LogP contribution in [-0.4, -0.2) is 194 Å². The molecule has 2 fully saturated rings. The van der Waals surface area contributed by atoms with Gasteiger partial charge in [-0.25, -0.2) is 4.74 Å². The van der Waals surface area contributed by atoms with Crippen molar-refractivity contribution in [1.29, 1.82) is 0 Å². The average molecular weight is 1360 g/mol. The molecule has 91 heavy (non-hydrogen) atoms. The summed E-state index contributed by atoms with van der Waals surface area (Å²) in [6.07, 6.45) is -12.9. The summed E-state index contributed by atoms with van der Waals surface area (Å²) in [6.45, 7) is 19.7. The minimum absolute atomic E-state index is 0.0388. The van der Waals surface area contributed by atoms with Crippen LogP contribution in [0.4, 0.5) is 35.1 Å². The van der Waals surface area contributed by atoms with E-state index in [0.717, 1.165) is 37.7 Å². The Kier molecular flexibility index (Phi) is 34.3. The predicted octanol–water partition coefficient (Wildman–Crippen LogP) is 11.3. The van der Waals surface area contributed by atoms with Gasteiger partial charge in [0.25, 0.3) is 5.91 Å². The number of carbonyl (C=O) groups excluding carboxylic acids is 2. The van der Waals surface area contributed by atoms with Crippen LogP contribution in [0.2, 0.25) is 25.7 Å². The summed E-state index contributed by atoms with van der Waals surface area (Å²) in [7, 11) is -9.04. The first kappa shape index (κ1) is 79.5. The highest BCUT2D eigenvalue weighted by Gasteiger charge is 2.75. The summed E-state index contributed by atoms with van der Waals surface area (Å²) in [4.78, 5) is 25.6. The van der Waals surface area contributed by atoms with Gasteiger partial charge in [0.15, 0.2) is 29.7 Å². The lowest BCUT2D eigenvalue weighted by atomic mass is 9.97. The van der Waals surface area contributed by atoms with E-state index in [0.29, 0.717) is 108 Å². The second-order valence-corrected chi connectivity index (χ2v) is 30.7. The largest absolute Gasteiger partial charge is 0.487 e. The van der Waals surface area contributed by atoms with Crippen molar-refractivity contribution in [3.05, 3.63) is 59.7 Å². The molecule has 20 nitrogen and oxygen atoms in total. The molecule has 0 spiro atoms. The summed E-state index contributed by atoms with van der Waals surface area (Å²) in [5.74, 6) is -6.95. The minimum Gasteiger partial charge on any atom is -0.487 e. The van der Waals surface area contributed by atoms with Gasteiger partial charge in [-0.1, -0.05) is 55.9 Å². The number of nitrogens with one attached hydrogen (secondary N) is 2. The zero-order valence-electron chi connectivity index (χ0n) is 53.6. The van der Waals surface area contributed by atoms with Gasteiger partial charge < -0.3 is 67.5 Å². The lowest BCUT2D eigenvalue weighted by Gasteiger charge is -2.50. The maximum absolute atomic E-state index is 15.5. The number of alkyl halides is 8. The quantitative estimate of drug-likeness (QED) is 0.0159. The minimum atomic E-state index is -7.14. The number of unbranched alkanes of at least 4 members (excludes halogenated alkanes) is 5. The fourth-order valence-electron chi connectivity index (χ4n) is 9.22. The van der Waals surface area contributed by atoms with E-state index in [2.05, 4.69) is 45.2 Å². The lowest BCUT2D eigenvalue weighted by molar-refractivity contribution is -0.457. The molecule has 2 saturated heterocycles. The summed E-state index contributed by atoms with van der Waals surface area (Å²) in [6, 6.07) is 5.42. The van der Waals surface area contributed by atoms with E-state index in [1.165, 1.54) is 19.4 Å². The van der Waals surface area contributed by atoms with Crippen molar-refractivity contribution in [3.8, 4) is 11.5 Å². The normalized spacial score (nSPS) is 21.7. The van der Waals surface area contributed by atoms with Crippen LogP contribution in [0.1, 0.15) is 122 Å². The number of amides is 2. The number of fused-ring (bicyclic) bond motifs is 2. The molecule has 3 aliphatic heterocycles. The monoisotopic (exact) mass is 1360 g/mol. The van der Waals surface area contributed by atoms with Gasteiger partial charge in [-0.3, -0.25) is 13.8 Å². The summed E-state index contributed by atoms with van der Waals surface area (Å²) < 4.78 is 223. The Hall–Kier alpha value is -3.89. The van der Waals surface area contributed by atoms with E-state index in [9.17, 15) is 35.6 Å². The SMILES string of the molecule is C=CC/C(=C/CCCCNC(=O)CCCCC(F)(F)C(F)(F)OC(F)(F)C(F)(F)S(=O)(=O)OC1[C@H](OCC[Si](C)(C)C)OC2COC(C)(C)O[C@H]2[C@@H]1OCOCC)C/C(=C/CCCCNC(=O)c1ccc2c(c1)OCCOCCOCCOCCOCCO2)CC. The Bertz CT molecular complexity index is 2510. The molecule has 0 radical (unpaired) electrons. The van der Waals surface area contributed by atoms with Crippen LogP contribution in [0.15, 0.2) is 54.2 Å². The average Bonchev–Trinajstić information content (AvgIpc) is 0.861. The first-order chi connectivity index (χ1) is 43.0. The Balaban J connectivity index is 1.19. The van der Waals surface area contributed by atoms with E-state index in [1.807, 2.05) is 25.7 Å². The molecular formula is C61H96F8N2O18SSi. The zero-order valence-corrected chi connectivity index (χ0v) is 55.4. The molecule has 0 bridgehead atoms. The first-order valence-corrected chi connectivity index (χ1v) is 36.2. The van der Waals surface area contributed by atoms with Gasteiger partial charge in [-0.15, -0.1) is 6.58 Å². The van der Waals surface area contributed by atoms with E-state index in [4.69, 9.17) is 56.8 Å². The fraction of sp³-hybridized carbons (Fsp3) is 0.770. The van der Waals surface area contributed by atoms with E-state index < -0.39 is 116 Å². The van der Waals surface area contributed by atoms with Gasteiger partial charge in [0.2, 0.25) is 5.91 Å². The molecule has 2 N–H and O–H groups in total. The molecule has 1 aromatic carbocycles. The van der Waals surface area contributed by atoms with Gasteiger partial charge in [-0.2, -0.15) is 43.5 Å². The zero-order chi connectivity index (χ0) is 67.2. The highest BCUT2D eigenvalue weighted by Crippen LogP contribution is 2.50. The van der Waals surface area contributed by atoms with Crippen molar-refractivity contribution in [2.75, 3.05) is 106 Å². The molecule has 1 aromatic rings. The van der Waals surface area contributed by atoms with Crippen LogP contribution in [0.5, 0.6) is 11.5 Å². The molecule has 30 heteroatoms. The van der Waals surface area contributed by atoms with Crippen LogP contribution in [-0.2, 0) is 71.2 Å². The van der Waals surface area contributed by atoms with Crippen molar-refractivity contribution >= 4 is 30.0 Å². The number of carbonyl (C=O) groups is 2. The Morgan fingerprint density at radius 1 is 0.747 bits per heavy atom. The third-order valence-electron chi connectivity index (χ3n) is 14.3. The van der Waals surface area contributed by atoms with Gasteiger partial charge in [-0.05, 0) is 116 Å². The number of hydrogen-bond donors (Lipinski definition) is 2. The van der Waals surface area contributed by atoms with Crippen molar-refractivity contribution < 1.29 is 119 Å². The van der Waals surface area contributed by atoms with Crippen molar-refractivity contribution in [3.63, 3.8) is 0 Å². The molecule has 3 aliphatic rings. The van der Waals surface area contributed by atoms with Gasteiger partial charge in [0.05, 0.1) is 59.5 Å². The van der Waals surface area contributed by atoms with Gasteiger partial charge in [0, 0.05) is 52.8 Å². The lowest BCUT2D eigenvalue weighted by Crippen LogP contribution is -2.67. The smallest absolute Gasteiger partial charge is 0.460 e. The third-order valence-corrected chi connectivity index (χ3v) is 17.4. The molecule has 0 aromatic heterocycles. The number of ether oxygens (including phenoxy) is 13. The molecule has 2 amide bonds. The Morgan fingerprint density at radius 2 is 1.34 bits per heavy atom. The molecule has 4 rings (SSSR count). The molecule has 0 saturated carbocycles. The van der Waals surface area contributed by atoms with Crippen LogP contribution in [0, 0.1) is 0 Å². The topological polar surface area (TPSA) is 222 Å². The Morgan fingerprint density at radius 3 is 1.93 bits per heavy atom. The van der Waals surface area contributed by atoms with Crippen LogP contribution < -0.4 is 20.1 Å². The van der Waals surface area contributed by atoms with E-state index in [-0.39, 0.29) is 45.5 Å². The number of allylic oxidation sites excluding steroid dienone is 5. The van der Waals surface area contributed by atoms with E-state index in [1.54, 1.807) is 25.1 Å². The van der Waals surface area contributed by atoms with Crippen LogP contribution in [0.3, 0.4) is 0 Å². The maximum Gasteiger partial charge on any atom is 0.460 e. The van der Waals surface area contributed by atoms with Gasteiger partial charge >= 0.3 is 33.5 Å². The molecule has 5 atom stereocenters. The fourth-order valence-corrected chi connectivity index (χ4v) is 10.9. The van der Waals surface area contributed by atoms with Crippen LogP contribution >= 0.6 is 0 Å². The number of benzene rings is 1. The molecule has 3 heterocycles. The second kappa shape index (κ2) is 39.2. The Labute approximate surface area is 531 Å². The summed E-state index contributed by atoms with van der Waals surface area (Å²) in [5, 5.41) is -1.16. The van der Waals surface area contributed by atoms with Crippen molar-refractivity contribution in [1.82, 2.24) is 10.6 Å². The predicted molar refractivity (Wildman–Crippen MR) is 322 cm³/mol. The molecule has 2 unspecified atom stereocenters. The molecule has 524 valence electrons. The first-order valence-electron chi connectivity index (χ1n) is 31.1. The third kappa shape index (κ3) is 27.8. The highest BCUT2D eigenvalue weighted by molar-refractivity contribution is 7.87. The number of halogens is 8. The standard InChI is InChI=1S/C61H96F8N2O18SSi/c1-9-20-46(41-45(10-2)21-14-12-19-28-71-55(73)47-24-25-48-49(42-47)82-38-36-80-34-32-78-30-29-77-31-33-79-35-37-81-48)22-15-13-18-27-70-51(72)23-16-17-26-58(62,63)59(64,65)89-60(66,67)61(68,69)90(74,75)88-54-53(84-44-76-11-3)52-50(43-85-57(4,5)87-52)86-56(54)83-39-40-91(6,7)8/h9,21-22,24-25,42,50,52-54,56H,1,10-20,23,26-41,43-44H2,2-8H3,(H,70,72)(H,71,73)/b45-21+,46-22-/t50?,52-,53+,54?,56-/m1/s1. The number of rotatable bonds is 36. The summed E-state index contributed by atoms with van der Waals surface area (Å²) in [5.41, 5.74) is 2.82. The second-order valence-electron chi connectivity index (χ2n) is 23.5. The van der Waals surface area contributed by atoms with Crippen molar-refractivity contribution in [2.24, 2.45) is 0 Å². The highest BCUT2D eigenvalue weighted by atomic mass is 32.2. The summed E-state index contributed by atoms with van der Waals surface area (Å²) >= 11 is 0.